The Morgan fingerprint density at radius 2 is 2.50 bits per heavy atom. The Bertz CT molecular complexity index is 422. The van der Waals surface area contributed by atoms with Gasteiger partial charge in [-0.15, -0.1) is 0 Å². The maximum Gasteiger partial charge on any atom is 0.303 e. The molecule has 0 bridgehead atoms. The monoisotopic (exact) mass is 250 g/mol. The summed E-state index contributed by atoms with van der Waals surface area (Å²) < 4.78 is 5.22. The molecule has 1 aromatic rings. The molecule has 0 spiro atoms. The Hall–Kier alpha value is -1.62. The first-order valence-electron chi connectivity index (χ1n) is 6.11. The molecule has 0 aliphatic carbocycles. The minimum Gasteiger partial charge on any atom is -0.481 e. The van der Waals surface area contributed by atoms with Crippen LogP contribution in [0.2, 0.25) is 0 Å². The van der Waals surface area contributed by atoms with E-state index in [2.05, 4.69) is 9.88 Å². The van der Waals surface area contributed by atoms with Crippen LogP contribution in [-0.4, -0.2) is 41.2 Å². The number of carboxylic acid groups (broad SMARTS) is 1. The zero-order valence-corrected chi connectivity index (χ0v) is 10.5. The second-order valence-electron chi connectivity index (χ2n) is 4.66. The maximum absolute atomic E-state index is 10.7. The third kappa shape index (κ3) is 3.20. The summed E-state index contributed by atoms with van der Waals surface area (Å²) in [5, 5.41) is 8.78. The lowest BCUT2D eigenvalue weighted by Crippen LogP contribution is -2.21. The van der Waals surface area contributed by atoms with Gasteiger partial charge in [0.25, 0.3) is 0 Å². The number of ether oxygens (including phenoxy) is 1. The Morgan fingerprint density at radius 3 is 3.22 bits per heavy atom. The van der Waals surface area contributed by atoms with Gasteiger partial charge in [-0.1, -0.05) is 6.07 Å². The van der Waals surface area contributed by atoms with Crippen molar-refractivity contribution in [3.8, 4) is 5.88 Å². The molecule has 1 aliphatic heterocycles. The van der Waals surface area contributed by atoms with Crippen LogP contribution in [0.25, 0.3) is 0 Å². The van der Waals surface area contributed by atoms with Crippen LogP contribution in [0.5, 0.6) is 5.88 Å². The van der Waals surface area contributed by atoms with Gasteiger partial charge in [0.1, 0.15) is 0 Å². The molecule has 5 heteroatoms. The van der Waals surface area contributed by atoms with E-state index in [0.717, 1.165) is 31.6 Å². The van der Waals surface area contributed by atoms with E-state index in [9.17, 15) is 4.79 Å². The van der Waals surface area contributed by atoms with Crippen molar-refractivity contribution < 1.29 is 14.6 Å². The number of hydrogen-bond acceptors (Lipinski definition) is 4. The highest BCUT2D eigenvalue weighted by atomic mass is 16.5. The number of carboxylic acids is 1. The quantitative estimate of drug-likeness (QED) is 0.855. The summed E-state index contributed by atoms with van der Waals surface area (Å²) in [6, 6.07) is 3.89. The molecule has 1 N–H and O–H groups in total. The predicted octanol–water partition coefficient (Wildman–Crippen LogP) is 1.39. The molecular formula is C13H18N2O3. The molecule has 0 radical (unpaired) electrons. The summed E-state index contributed by atoms with van der Waals surface area (Å²) >= 11 is 0. The van der Waals surface area contributed by atoms with Gasteiger partial charge >= 0.3 is 5.97 Å². The Labute approximate surface area is 106 Å². The van der Waals surface area contributed by atoms with Crippen LogP contribution >= 0.6 is 0 Å². The van der Waals surface area contributed by atoms with E-state index in [-0.39, 0.29) is 12.3 Å². The van der Waals surface area contributed by atoms with Crippen molar-refractivity contribution in [2.75, 3.05) is 20.2 Å². The fourth-order valence-electron chi connectivity index (χ4n) is 2.44. The summed E-state index contributed by atoms with van der Waals surface area (Å²) in [5.41, 5.74) is 1.05. The van der Waals surface area contributed by atoms with Crippen molar-refractivity contribution in [3.05, 3.63) is 23.9 Å². The highest BCUT2D eigenvalue weighted by Gasteiger charge is 2.25. The first kappa shape index (κ1) is 12.8. The second kappa shape index (κ2) is 5.82. The number of carbonyl (C=O) groups is 1. The average molecular weight is 250 g/mol. The lowest BCUT2D eigenvalue weighted by atomic mass is 10.1. The number of hydrogen-bond donors (Lipinski definition) is 1. The van der Waals surface area contributed by atoms with Gasteiger partial charge in [0, 0.05) is 31.3 Å². The zero-order chi connectivity index (χ0) is 13.0. The SMILES string of the molecule is COc1ncccc1CN1CCC(CC(=O)O)C1. The van der Waals surface area contributed by atoms with E-state index in [1.807, 2.05) is 12.1 Å². The van der Waals surface area contributed by atoms with E-state index in [1.165, 1.54) is 0 Å². The normalized spacial score (nSPS) is 19.9. The molecule has 1 aliphatic rings. The van der Waals surface area contributed by atoms with Crippen LogP contribution < -0.4 is 4.74 Å². The summed E-state index contributed by atoms with van der Waals surface area (Å²) in [6.45, 7) is 2.55. The molecule has 98 valence electrons. The molecule has 1 atom stereocenters. The van der Waals surface area contributed by atoms with Gasteiger partial charge in [0.15, 0.2) is 0 Å². The Morgan fingerprint density at radius 1 is 1.67 bits per heavy atom. The third-order valence-electron chi connectivity index (χ3n) is 3.27. The lowest BCUT2D eigenvalue weighted by molar-refractivity contribution is -0.138. The number of nitrogens with zero attached hydrogens (tertiary/aromatic N) is 2. The first-order chi connectivity index (χ1) is 8.69. The molecule has 0 aromatic carbocycles. The summed E-state index contributed by atoms with van der Waals surface area (Å²) in [6.07, 6.45) is 2.93. The minimum atomic E-state index is -0.708. The largest absolute Gasteiger partial charge is 0.481 e. The molecule has 1 saturated heterocycles. The van der Waals surface area contributed by atoms with E-state index in [0.29, 0.717) is 5.88 Å². The molecule has 2 heterocycles. The molecule has 18 heavy (non-hydrogen) atoms. The number of pyridine rings is 1. The van der Waals surface area contributed by atoms with Gasteiger partial charge in [0.05, 0.1) is 7.11 Å². The molecule has 2 rings (SSSR count). The van der Waals surface area contributed by atoms with E-state index in [4.69, 9.17) is 9.84 Å². The molecule has 1 fully saturated rings. The molecule has 1 unspecified atom stereocenters. The number of likely N-dealkylation sites (tertiary alicyclic amines) is 1. The van der Waals surface area contributed by atoms with Crippen molar-refractivity contribution in [1.82, 2.24) is 9.88 Å². The van der Waals surface area contributed by atoms with Gasteiger partial charge < -0.3 is 9.84 Å². The van der Waals surface area contributed by atoms with Crippen LogP contribution in [0.15, 0.2) is 18.3 Å². The topological polar surface area (TPSA) is 62.7 Å². The standard InChI is InChI=1S/C13H18N2O3/c1-18-13-11(3-2-5-14-13)9-15-6-4-10(8-15)7-12(16)17/h2-3,5,10H,4,6-9H2,1H3,(H,16,17). The van der Waals surface area contributed by atoms with Crippen molar-refractivity contribution >= 4 is 5.97 Å². The maximum atomic E-state index is 10.7. The van der Waals surface area contributed by atoms with Crippen molar-refractivity contribution in [2.45, 2.75) is 19.4 Å². The highest BCUT2D eigenvalue weighted by molar-refractivity contribution is 5.67. The molecule has 5 nitrogen and oxygen atoms in total. The number of aromatic nitrogens is 1. The van der Waals surface area contributed by atoms with Gasteiger partial charge in [-0.3, -0.25) is 9.69 Å². The molecule has 0 amide bonds. The smallest absolute Gasteiger partial charge is 0.303 e. The van der Waals surface area contributed by atoms with E-state index < -0.39 is 5.97 Å². The first-order valence-corrected chi connectivity index (χ1v) is 6.11. The number of rotatable bonds is 5. The van der Waals surface area contributed by atoms with Crippen LogP contribution in [0.3, 0.4) is 0 Å². The van der Waals surface area contributed by atoms with Gasteiger partial charge in [-0.05, 0) is 24.9 Å². The van der Waals surface area contributed by atoms with Crippen LogP contribution in [-0.2, 0) is 11.3 Å². The summed E-state index contributed by atoms with van der Waals surface area (Å²) in [7, 11) is 1.61. The van der Waals surface area contributed by atoms with Crippen molar-refractivity contribution in [2.24, 2.45) is 5.92 Å². The number of aliphatic carboxylic acids is 1. The predicted molar refractivity (Wildman–Crippen MR) is 66.4 cm³/mol. The molecule has 1 aromatic heterocycles. The summed E-state index contributed by atoms with van der Waals surface area (Å²) in [5.74, 6) is 0.213. The van der Waals surface area contributed by atoms with E-state index >= 15 is 0 Å². The Balaban J connectivity index is 1.93. The Kier molecular flexibility index (Phi) is 4.15. The molecule has 0 saturated carbocycles. The van der Waals surface area contributed by atoms with Crippen molar-refractivity contribution in [3.63, 3.8) is 0 Å². The summed E-state index contributed by atoms with van der Waals surface area (Å²) in [4.78, 5) is 17.1. The average Bonchev–Trinajstić information content (AvgIpc) is 2.76. The van der Waals surface area contributed by atoms with Crippen molar-refractivity contribution in [1.29, 1.82) is 0 Å². The fraction of sp³-hybridized carbons (Fsp3) is 0.538. The third-order valence-corrected chi connectivity index (χ3v) is 3.27. The lowest BCUT2D eigenvalue weighted by Gasteiger charge is -2.16. The minimum absolute atomic E-state index is 0.265. The van der Waals surface area contributed by atoms with Crippen LogP contribution in [0.1, 0.15) is 18.4 Å². The van der Waals surface area contributed by atoms with Gasteiger partial charge in [-0.25, -0.2) is 4.98 Å². The van der Waals surface area contributed by atoms with Crippen LogP contribution in [0, 0.1) is 5.92 Å². The van der Waals surface area contributed by atoms with Gasteiger partial charge in [0.2, 0.25) is 5.88 Å². The van der Waals surface area contributed by atoms with E-state index in [1.54, 1.807) is 13.3 Å². The van der Waals surface area contributed by atoms with Gasteiger partial charge in [-0.2, -0.15) is 0 Å². The second-order valence-corrected chi connectivity index (χ2v) is 4.66. The highest BCUT2D eigenvalue weighted by Crippen LogP contribution is 2.23. The number of methoxy groups -OCH3 is 1. The van der Waals surface area contributed by atoms with Crippen LogP contribution in [0.4, 0.5) is 0 Å². The molecular weight excluding hydrogens is 232 g/mol. The fourth-order valence-corrected chi connectivity index (χ4v) is 2.44. The zero-order valence-electron chi connectivity index (χ0n) is 10.5.